The average molecular weight is 375 g/mol. The van der Waals surface area contributed by atoms with Gasteiger partial charge in [0.05, 0.1) is 0 Å². The fourth-order valence-corrected chi connectivity index (χ4v) is 4.04. The van der Waals surface area contributed by atoms with Gasteiger partial charge < -0.3 is 4.90 Å². The van der Waals surface area contributed by atoms with Crippen molar-refractivity contribution in [2.24, 2.45) is 11.8 Å². The summed E-state index contributed by atoms with van der Waals surface area (Å²) in [6.45, 7) is 7.09. The number of nitrogens with zero attached hydrogens (tertiary/aromatic N) is 1. The van der Waals surface area contributed by atoms with Crippen LogP contribution in [0, 0.1) is 11.8 Å². The second-order valence-corrected chi connectivity index (χ2v) is 6.89. The lowest BCUT2D eigenvalue weighted by Crippen LogP contribution is -2.35. The van der Waals surface area contributed by atoms with Gasteiger partial charge in [0.2, 0.25) is 0 Å². The number of hydrogen-bond acceptors (Lipinski definition) is 1. The monoisotopic (exact) mass is 373 g/mol. The molecule has 0 saturated carbocycles. The molecule has 0 N–H and O–H groups in total. The third kappa shape index (κ3) is 3.30. The largest absolute Gasteiger partial charge is 0.371 e. The average Bonchev–Trinajstić information content (AvgIpc) is 2.38. The van der Waals surface area contributed by atoms with Gasteiger partial charge in [0.1, 0.15) is 0 Å². The highest BCUT2D eigenvalue weighted by molar-refractivity contribution is 9.10. The maximum Gasteiger partial charge on any atom is 0.0377 e. The highest BCUT2D eigenvalue weighted by Crippen LogP contribution is 2.30. The standard InChI is InChI=1S/C15H21Br2N/c1-11(2)12-5-7-18(8-6-12)14-4-3-13(10-16)15(17)9-14/h3-4,9,11-12H,5-8,10H2,1-2H3. The normalized spacial score (nSPS) is 17.5. The van der Waals surface area contributed by atoms with Crippen LogP contribution in [-0.4, -0.2) is 13.1 Å². The first-order valence-electron chi connectivity index (χ1n) is 6.71. The first-order valence-corrected chi connectivity index (χ1v) is 8.62. The van der Waals surface area contributed by atoms with E-state index in [2.05, 4.69) is 68.8 Å². The van der Waals surface area contributed by atoms with Crippen LogP contribution in [-0.2, 0) is 5.33 Å². The number of halogens is 2. The van der Waals surface area contributed by atoms with Crippen molar-refractivity contribution in [3.8, 4) is 0 Å². The van der Waals surface area contributed by atoms with E-state index in [1.54, 1.807) is 0 Å². The fraction of sp³-hybridized carbons (Fsp3) is 0.600. The lowest BCUT2D eigenvalue weighted by Gasteiger charge is -2.35. The third-order valence-corrected chi connectivity index (χ3v) is 5.37. The molecule has 0 aliphatic carbocycles. The van der Waals surface area contributed by atoms with Gasteiger partial charge >= 0.3 is 0 Å². The number of anilines is 1. The van der Waals surface area contributed by atoms with Crippen LogP contribution in [0.15, 0.2) is 22.7 Å². The predicted octanol–water partition coefficient (Wildman–Crippen LogP) is 5.22. The summed E-state index contributed by atoms with van der Waals surface area (Å²) in [4.78, 5) is 2.52. The molecule has 0 aromatic heterocycles. The lowest BCUT2D eigenvalue weighted by molar-refractivity contribution is 0.311. The minimum atomic E-state index is 0.828. The van der Waals surface area contributed by atoms with Crippen LogP contribution in [0.25, 0.3) is 0 Å². The van der Waals surface area contributed by atoms with Crippen LogP contribution in [0.5, 0.6) is 0 Å². The molecule has 1 aromatic rings. The van der Waals surface area contributed by atoms with E-state index < -0.39 is 0 Å². The first kappa shape index (κ1) is 14.4. The molecule has 1 heterocycles. The maximum atomic E-state index is 3.65. The summed E-state index contributed by atoms with van der Waals surface area (Å²) in [6, 6.07) is 6.71. The Morgan fingerprint density at radius 1 is 1.28 bits per heavy atom. The Kier molecular flexibility index (Phi) is 5.14. The van der Waals surface area contributed by atoms with E-state index in [9.17, 15) is 0 Å². The Labute approximate surface area is 127 Å². The van der Waals surface area contributed by atoms with E-state index in [0.29, 0.717) is 0 Å². The predicted molar refractivity (Wildman–Crippen MR) is 86.5 cm³/mol. The van der Waals surface area contributed by atoms with Crippen molar-refractivity contribution in [3.63, 3.8) is 0 Å². The Bertz CT molecular complexity index is 395. The molecule has 2 rings (SSSR count). The zero-order valence-electron chi connectivity index (χ0n) is 11.1. The Balaban J connectivity index is 2.03. The van der Waals surface area contributed by atoms with Gasteiger partial charge in [-0.15, -0.1) is 0 Å². The van der Waals surface area contributed by atoms with Crippen LogP contribution in [0.2, 0.25) is 0 Å². The molecule has 0 unspecified atom stereocenters. The summed E-state index contributed by atoms with van der Waals surface area (Å²) in [5, 5.41) is 0.906. The second-order valence-electron chi connectivity index (χ2n) is 5.48. The molecular weight excluding hydrogens is 354 g/mol. The van der Waals surface area contributed by atoms with Crippen molar-refractivity contribution in [2.45, 2.75) is 32.0 Å². The minimum Gasteiger partial charge on any atom is -0.371 e. The Morgan fingerprint density at radius 2 is 1.94 bits per heavy atom. The molecule has 0 amide bonds. The van der Waals surface area contributed by atoms with Crippen molar-refractivity contribution in [1.82, 2.24) is 0 Å². The van der Waals surface area contributed by atoms with E-state index >= 15 is 0 Å². The summed E-state index contributed by atoms with van der Waals surface area (Å²) >= 11 is 7.16. The summed E-state index contributed by atoms with van der Waals surface area (Å²) < 4.78 is 1.21. The molecule has 0 spiro atoms. The molecule has 0 atom stereocenters. The third-order valence-electron chi connectivity index (χ3n) is 4.03. The SMILES string of the molecule is CC(C)C1CCN(c2ccc(CBr)c(Br)c2)CC1. The van der Waals surface area contributed by atoms with E-state index in [4.69, 9.17) is 0 Å². The van der Waals surface area contributed by atoms with Crippen LogP contribution < -0.4 is 4.90 Å². The highest BCUT2D eigenvalue weighted by atomic mass is 79.9. The molecule has 100 valence electrons. The molecule has 1 aliphatic rings. The van der Waals surface area contributed by atoms with Gasteiger partial charge in [-0.3, -0.25) is 0 Å². The zero-order valence-corrected chi connectivity index (χ0v) is 14.3. The molecule has 3 heteroatoms. The highest BCUT2D eigenvalue weighted by Gasteiger charge is 2.21. The summed E-state index contributed by atoms with van der Waals surface area (Å²) in [5.41, 5.74) is 2.67. The summed E-state index contributed by atoms with van der Waals surface area (Å²) in [5.74, 6) is 1.74. The van der Waals surface area contributed by atoms with Gasteiger partial charge in [-0.1, -0.05) is 51.8 Å². The number of hydrogen-bond donors (Lipinski definition) is 0. The minimum absolute atomic E-state index is 0.828. The molecule has 1 aromatic carbocycles. The maximum absolute atomic E-state index is 3.65. The smallest absolute Gasteiger partial charge is 0.0377 e. The molecule has 1 saturated heterocycles. The number of alkyl halides is 1. The van der Waals surface area contributed by atoms with Crippen LogP contribution in [0.4, 0.5) is 5.69 Å². The zero-order chi connectivity index (χ0) is 13.1. The van der Waals surface area contributed by atoms with Gasteiger partial charge in [0, 0.05) is 28.6 Å². The number of benzene rings is 1. The van der Waals surface area contributed by atoms with Gasteiger partial charge in [0.15, 0.2) is 0 Å². The fourth-order valence-electron chi connectivity index (χ4n) is 2.67. The van der Waals surface area contributed by atoms with Crippen LogP contribution >= 0.6 is 31.9 Å². The van der Waals surface area contributed by atoms with Gasteiger partial charge in [-0.2, -0.15) is 0 Å². The molecule has 0 radical (unpaired) electrons. The topological polar surface area (TPSA) is 3.24 Å². The molecular formula is C15H21Br2N. The van der Waals surface area contributed by atoms with Crippen LogP contribution in [0.1, 0.15) is 32.3 Å². The van der Waals surface area contributed by atoms with Gasteiger partial charge in [-0.25, -0.2) is 0 Å². The van der Waals surface area contributed by atoms with E-state index in [1.165, 1.54) is 41.7 Å². The first-order chi connectivity index (χ1) is 8.61. The molecule has 1 aliphatic heterocycles. The van der Waals surface area contributed by atoms with E-state index in [1.807, 2.05) is 0 Å². The van der Waals surface area contributed by atoms with Crippen molar-refractivity contribution in [2.75, 3.05) is 18.0 Å². The lowest BCUT2D eigenvalue weighted by atomic mass is 9.86. The molecule has 1 nitrogen and oxygen atoms in total. The summed E-state index contributed by atoms with van der Waals surface area (Å²) in [7, 11) is 0. The van der Waals surface area contributed by atoms with Crippen molar-refractivity contribution in [1.29, 1.82) is 0 Å². The van der Waals surface area contributed by atoms with Gasteiger partial charge in [-0.05, 0) is 42.4 Å². The molecule has 18 heavy (non-hydrogen) atoms. The molecule has 1 fully saturated rings. The van der Waals surface area contributed by atoms with Crippen molar-refractivity contribution in [3.05, 3.63) is 28.2 Å². The Hall–Kier alpha value is -0.0200. The number of piperidine rings is 1. The quantitative estimate of drug-likeness (QED) is 0.656. The molecule has 0 bridgehead atoms. The Morgan fingerprint density at radius 3 is 2.44 bits per heavy atom. The second kappa shape index (κ2) is 6.42. The van der Waals surface area contributed by atoms with E-state index in [-0.39, 0.29) is 0 Å². The number of rotatable bonds is 3. The van der Waals surface area contributed by atoms with Crippen LogP contribution in [0.3, 0.4) is 0 Å². The van der Waals surface area contributed by atoms with Crippen molar-refractivity contribution >= 4 is 37.5 Å². The van der Waals surface area contributed by atoms with E-state index in [0.717, 1.165) is 17.2 Å². The van der Waals surface area contributed by atoms with Gasteiger partial charge in [0.25, 0.3) is 0 Å². The summed E-state index contributed by atoms with van der Waals surface area (Å²) in [6.07, 6.45) is 2.66. The van der Waals surface area contributed by atoms with Crippen molar-refractivity contribution < 1.29 is 0 Å².